The largest absolute Gasteiger partial charge is 0.392 e. The van der Waals surface area contributed by atoms with Crippen LogP contribution >= 0.6 is 0 Å². The molecule has 1 radical (unpaired) electrons. The molecule has 0 bridgehead atoms. The van der Waals surface area contributed by atoms with Crippen molar-refractivity contribution in [1.82, 2.24) is 0 Å². The minimum Gasteiger partial charge on any atom is -0.392 e. The van der Waals surface area contributed by atoms with Crippen molar-refractivity contribution in [3.63, 3.8) is 0 Å². The smallest absolute Gasteiger partial charge is 0.0682 e. The van der Waals surface area contributed by atoms with Gasteiger partial charge in [-0.1, -0.05) is 12.1 Å². The van der Waals surface area contributed by atoms with Gasteiger partial charge in [0.25, 0.3) is 0 Å². The molecular weight excluding hydrogens is 136 g/mol. The van der Waals surface area contributed by atoms with E-state index in [1.165, 1.54) is 0 Å². The SMILES string of the molecule is [CH2]c1c(C)cc(CO)cc1C. The van der Waals surface area contributed by atoms with E-state index in [9.17, 15) is 0 Å². The van der Waals surface area contributed by atoms with Crippen LogP contribution in [0.3, 0.4) is 0 Å². The van der Waals surface area contributed by atoms with E-state index in [1.807, 2.05) is 26.0 Å². The maximum Gasteiger partial charge on any atom is 0.0682 e. The van der Waals surface area contributed by atoms with Crippen molar-refractivity contribution in [1.29, 1.82) is 0 Å². The number of hydrogen-bond donors (Lipinski definition) is 1. The molecule has 0 fully saturated rings. The average Bonchev–Trinajstić information content (AvgIpc) is 1.99. The fourth-order valence-electron chi connectivity index (χ4n) is 1.17. The number of aliphatic hydroxyl groups is 1. The zero-order chi connectivity index (χ0) is 8.43. The molecule has 0 heterocycles. The third-order valence-corrected chi connectivity index (χ3v) is 1.94. The van der Waals surface area contributed by atoms with Crippen molar-refractivity contribution in [2.45, 2.75) is 20.5 Å². The van der Waals surface area contributed by atoms with Gasteiger partial charge in [-0.3, -0.25) is 0 Å². The predicted molar refractivity (Wildman–Crippen MR) is 46.3 cm³/mol. The lowest BCUT2D eigenvalue weighted by Gasteiger charge is -2.06. The molecule has 0 aliphatic carbocycles. The summed E-state index contributed by atoms with van der Waals surface area (Å²) in [6, 6.07) is 3.94. The number of benzene rings is 1. The fraction of sp³-hybridized carbons (Fsp3) is 0.300. The number of hydrogen-bond acceptors (Lipinski definition) is 1. The summed E-state index contributed by atoms with van der Waals surface area (Å²) in [4.78, 5) is 0. The van der Waals surface area contributed by atoms with Crippen LogP contribution in [-0.2, 0) is 6.61 Å². The maximum absolute atomic E-state index is 8.86. The molecule has 0 aromatic heterocycles. The summed E-state index contributed by atoms with van der Waals surface area (Å²) in [7, 11) is 0. The zero-order valence-corrected chi connectivity index (χ0v) is 7.02. The van der Waals surface area contributed by atoms with Crippen molar-refractivity contribution in [2.24, 2.45) is 0 Å². The molecule has 1 aromatic carbocycles. The van der Waals surface area contributed by atoms with Gasteiger partial charge in [0.1, 0.15) is 0 Å². The number of rotatable bonds is 1. The van der Waals surface area contributed by atoms with Crippen molar-refractivity contribution in [2.75, 3.05) is 0 Å². The zero-order valence-electron chi connectivity index (χ0n) is 7.02. The standard InChI is InChI=1S/C10H13O/c1-7-4-10(6-11)5-8(2)9(7)3/h4-5,11H,3,6H2,1-2H3. The van der Waals surface area contributed by atoms with Gasteiger partial charge in [0.05, 0.1) is 6.61 Å². The van der Waals surface area contributed by atoms with Crippen LogP contribution in [0.1, 0.15) is 22.3 Å². The van der Waals surface area contributed by atoms with Gasteiger partial charge < -0.3 is 5.11 Å². The summed E-state index contributed by atoms with van der Waals surface area (Å²) in [5.74, 6) is 0. The first-order valence-electron chi connectivity index (χ1n) is 3.68. The Morgan fingerprint density at radius 3 is 2.09 bits per heavy atom. The molecule has 11 heavy (non-hydrogen) atoms. The summed E-state index contributed by atoms with van der Waals surface area (Å²) >= 11 is 0. The second-order valence-corrected chi connectivity index (χ2v) is 2.87. The molecule has 0 saturated heterocycles. The predicted octanol–water partition coefficient (Wildman–Crippen LogP) is 1.98. The lowest BCUT2D eigenvalue weighted by Crippen LogP contribution is -1.91. The third-order valence-electron chi connectivity index (χ3n) is 1.94. The second kappa shape index (κ2) is 3.05. The van der Waals surface area contributed by atoms with Gasteiger partial charge in [0.2, 0.25) is 0 Å². The highest BCUT2D eigenvalue weighted by Gasteiger charge is 1.98. The maximum atomic E-state index is 8.86. The highest BCUT2D eigenvalue weighted by atomic mass is 16.3. The molecule has 1 nitrogen and oxygen atoms in total. The Bertz CT molecular complexity index is 241. The molecule has 0 amide bonds. The van der Waals surface area contributed by atoms with Crippen LogP contribution < -0.4 is 0 Å². The third kappa shape index (κ3) is 1.60. The van der Waals surface area contributed by atoms with Crippen molar-refractivity contribution >= 4 is 0 Å². The van der Waals surface area contributed by atoms with Crippen LogP contribution in [-0.4, -0.2) is 5.11 Å². The number of aryl methyl sites for hydroxylation is 2. The first kappa shape index (κ1) is 8.28. The Kier molecular flexibility index (Phi) is 2.30. The van der Waals surface area contributed by atoms with Gasteiger partial charge in [-0.05, 0) is 43.0 Å². The molecular formula is C10H13O. The Morgan fingerprint density at radius 1 is 1.27 bits per heavy atom. The van der Waals surface area contributed by atoms with E-state index < -0.39 is 0 Å². The summed E-state index contributed by atoms with van der Waals surface area (Å²) in [5, 5.41) is 8.86. The molecule has 1 N–H and O–H groups in total. The van der Waals surface area contributed by atoms with Gasteiger partial charge in [-0.15, -0.1) is 0 Å². The molecule has 59 valence electrons. The number of aliphatic hydroxyl groups excluding tert-OH is 1. The van der Waals surface area contributed by atoms with E-state index in [2.05, 4.69) is 6.92 Å². The first-order valence-corrected chi connectivity index (χ1v) is 3.68. The summed E-state index contributed by atoms with van der Waals surface area (Å²) in [5.41, 5.74) is 4.33. The van der Waals surface area contributed by atoms with Crippen LogP contribution in [0.4, 0.5) is 0 Å². The lowest BCUT2D eigenvalue weighted by molar-refractivity contribution is 0.281. The highest BCUT2D eigenvalue weighted by molar-refractivity contribution is 5.39. The van der Waals surface area contributed by atoms with E-state index in [1.54, 1.807) is 0 Å². The molecule has 0 unspecified atom stereocenters. The Hall–Kier alpha value is -0.820. The summed E-state index contributed by atoms with van der Waals surface area (Å²) in [6.45, 7) is 8.04. The van der Waals surface area contributed by atoms with Crippen LogP contribution in [0.5, 0.6) is 0 Å². The minimum absolute atomic E-state index is 0.113. The van der Waals surface area contributed by atoms with Crippen molar-refractivity contribution < 1.29 is 5.11 Å². The molecule has 0 aliphatic heterocycles. The van der Waals surface area contributed by atoms with Crippen LogP contribution in [0.2, 0.25) is 0 Å². The van der Waals surface area contributed by atoms with E-state index in [0.29, 0.717) is 0 Å². The molecule has 0 aliphatic rings. The van der Waals surface area contributed by atoms with Crippen molar-refractivity contribution in [3.05, 3.63) is 41.3 Å². The van der Waals surface area contributed by atoms with E-state index in [4.69, 9.17) is 5.11 Å². The Balaban J connectivity index is 3.21. The van der Waals surface area contributed by atoms with Gasteiger partial charge in [-0.25, -0.2) is 0 Å². The van der Waals surface area contributed by atoms with Crippen LogP contribution in [0, 0.1) is 20.8 Å². The summed E-state index contributed by atoms with van der Waals surface area (Å²) < 4.78 is 0. The molecule has 0 atom stereocenters. The monoisotopic (exact) mass is 149 g/mol. The molecule has 1 aromatic rings. The van der Waals surface area contributed by atoms with E-state index in [0.717, 1.165) is 22.3 Å². The van der Waals surface area contributed by atoms with E-state index >= 15 is 0 Å². The average molecular weight is 149 g/mol. The van der Waals surface area contributed by atoms with Crippen LogP contribution in [0.15, 0.2) is 12.1 Å². The quantitative estimate of drug-likeness (QED) is 0.647. The topological polar surface area (TPSA) is 20.2 Å². The highest BCUT2D eigenvalue weighted by Crippen LogP contribution is 2.14. The van der Waals surface area contributed by atoms with Gasteiger partial charge >= 0.3 is 0 Å². The van der Waals surface area contributed by atoms with Gasteiger partial charge in [0.15, 0.2) is 0 Å². The van der Waals surface area contributed by atoms with E-state index in [-0.39, 0.29) is 6.61 Å². The van der Waals surface area contributed by atoms with Gasteiger partial charge in [-0.2, -0.15) is 0 Å². The second-order valence-electron chi connectivity index (χ2n) is 2.87. The van der Waals surface area contributed by atoms with Gasteiger partial charge in [0, 0.05) is 0 Å². The Labute approximate surface area is 67.7 Å². The first-order chi connectivity index (χ1) is 5.15. The normalized spacial score (nSPS) is 10.2. The lowest BCUT2D eigenvalue weighted by atomic mass is 10.0. The molecule has 1 heteroatoms. The Morgan fingerprint density at radius 2 is 1.73 bits per heavy atom. The minimum atomic E-state index is 0.113. The molecule has 1 rings (SSSR count). The molecule has 0 spiro atoms. The van der Waals surface area contributed by atoms with Crippen LogP contribution in [0.25, 0.3) is 0 Å². The molecule has 0 saturated carbocycles. The fourth-order valence-corrected chi connectivity index (χ4v) is 1.17. The summed E-state index contributed by atoms with van der Waals surface area (Å²) in [6.07, 6.45) is 0. The van der Waals surface area contributed by atoms with Crippen molar-refractivity contribution in [3.8, 4) is 0 Å².